The van der Waals surface area contributed by atoms with E-state index >= 15 is 0 Å². The summed E-state index contributed by atoms with van der Waals surface area (Å²) in [5.74, 6) is 61.6. The molecule has 0 radical (unpaired) electrons. The first-order valence-electron chi connectivity index (χ1n) is 17.9. The number of imidazole rings is 1. The van der Waals surface area contributed by atoms with E-state index in [4.69, 9.17) is 14.2 Å². The molecule has 4 N–H and O–H groups in total. The summed E-state index contributed by atoms with van der Waals surface area (Å²) in [7, 11) is 0. The molecule has 0 bridgehead atoms. The largest absolute Gasteiger partial charge is 0.378 e. The predicted molar refractivity (Wildman–Crippen MR) is 252 cm³/mol. The van der Waals surface area contributed by atoms with Crippen LogP contribution in [0.25, 0.3) is 33.3 Å². The number of rotatable bonds is 5. The van der Waals surface area contributed by atoms with Gasteiger partial charge in [0.1, 0.15) is 5.76 Å². The van der Waals surface area contributed by atoms with Gasteiger partial charge in [-0.1, -0.05) is 29.1 Å². The monoisotopic (exact) mass is 828 g/mol. The van der Waals surface area contributed by atoms with E-state index in [1.54, 1.807) is 13.8 Å². The van der Waals surface area contributed by atoms with E-state index in [2.05, 4.69) is 180 Å². The van der Waals surface area contributed by atoms with Crippen molar-refractivity contribution >= 4 is 17.0 Å². The van der Waals surface area contributed by atoms with Crippen LogP contribution in [0.1, 0.15) is 47.8 Å². The number of nitriles is 1. The number of anilines is 1. The van der Waals surface area contributed by atoms with Gasteiger partial charge < -0.3 is 29.3 Å². The van der Waals surface area contributed by atoms with Gasteiger partial charge in [0.05, 0.1) is 51.8 Å². The third-order valence-corrected chi connectivity index (χ3v) is 7.57. The summed E-state index contributed by atoms with van der Waals surface area (Å²) in [6.45, 7) is 12.2. The molecule has 0 unspecified atom stereocenters. The van der Waals surface area contributed by atoms with Crippen LogP contribution in [0, 0.1) is 172 Å². The number of benzene rings is 2. The number of nitro groups is 1. The van der Waals surface area contributed by atoms with Crippen LogP contribution in [0.5, 0.6) is 0 Å². The first-order valence-corrected chi connectivity index (χ1v) is 17.9. The maximum absolute atomic E-state index is 9.54. The number of nitrogens with one attached hydrogen (secondary N) is 2. The van der Waals surface area contributed by atoms with Crippen LogP contribution >= 0.6 is 0 Å². The summed E-state index contributed by atoms with van der Waals surface area (Å²) < 4.78 is 10.9. The molecule has 0 spiro atoms. The molecule has 62 heavy (non-hydrogen) atoms. The summed E-state index contributed by atoms with van der Waals surface area (Å²) in [4.78, 5) is 19.9. The number of aromatic amines is 1. The Kier molecular flexibility index (Phi) is 20.2. The molecule has 314 valence electrons. The van der Waals surface area contributed by atoms with E-state index in [1.165, 1.54) is 5.53 Å². The number of ether oxygens (including phenoxy) is 1. The van der Waals surface area contributed by atoms with Crippen molar-refractivity contribution in [1.82, 2.24) is 20.7 Å². The highest BCUT2D eigenvalue weighted by Gasteiger charge is 2.21. The Balaban J connectivity index is -0.000000239. The highest BCUT2D eigenvalue weighted by atomic mass is 16.7. The van der Waals surface area contributed by atoms with Gasteiger partial charge in [-0.2, -0.15) is 5.26 Å². The quantitative estimate of drug-likeness (QED) is 0.0652. The third kappa shape index (κ3) is 15.6. The average Bonchev–Trinajstić information content (AvgIpc) is 3.87. The van der Waals surface area contributed by atoms with Crippen LogP contribution in [-0.2, 0) is 4.74 Å². The second kappa shape index (κ2) is 26.9. The lowest BCUT2D eigenvalue weighted by Gasteiger charge is -2.26. The summed E-state index contributed by atoms with van der Waals surface area (Å²) >= 11 is 0. The molecule has 1 aliphatic heterocycles. The van der Waals surface area contributed by atoms with Crippen molar-refractivity contribution in [3.05, 3.63) is 63.0 Å². The molecule has 0 amide bonds. The van der Waals surface area contributed by atoms with Gasteiger partial charge in [-0.3, -0.25) is 5.84 Å². The predicted octanol–water partition coefficient (Wildman–Crippen LogP) is 6.56. The van der Waals surface area contributed by atoms with Crippen molar-refractivity contribution in [2.24, 2.45) is 16.3 Å². The first kappa shape index (κ1) is 46.5. The molecule has 14 heteroatoms. The molecular formula is C48H48N10O4. The zero-order valence-corrected chi connectivity index (χ0v) is 34.1. The molecule has 1 fully saturated rings. The summed E-state index contributed by atoms with van der Waals surface area (Å²) in [5.41, 5.74) is 9.61. The topological polar surface area (TPSA) is 197 Å². The Morgan fingerprint density at radius 1 is 0.823 bits per heavy atom. The summed E-state index contributed by atoms with van der Waals surface area (Å²) in [6.07, 6.45) is 0. The fourth-order valence-corrected chi connectivity index (χ4v) is 5.07. The fraction of sp³-hybridized carbons (Fsp3) is 0.188. The van der Waals surface area contributed by atoms with E-state index < -0.39 is 5.03 Å². The van der Waals surface area contributed by atoms with Crippen LogP contribution in [0.15, 0.2) is 45.3 Å². The SMILES string of the molecule is CC#CC#CC#CC#CC#CC#CC#CC#CC#CC#CC#CC.Cc1noc(C)c1-c1cc(-c2cccc(C#N)c2C)c2nc(N3CCOCC3)[nH]c2c1.NN=NN[N+](=O)[O-].[HH].[HH].[HH].[HH].[HH].[HH].[HH].[HH]. The molecule has 2 aromatic carbocycles. The zero-order chi connectivity index (χ0) is 44.8. The first-order chi connectivity index (χ1) is 30.2. The van der Waals surface area contributed by atoms with E-state index in [0.29, 0.717) is 18.8 Å². The number of aromatic nitrogens is 3. The van der Waals surface area contributed by atoms with Crippen molar-refractivity contribution in [2.75, 3.05) is 31.2 Å². The average molecular weight is 829 g/mol. The minimum Gasteiger partial charge on any atom is -0.378 e. The number of hydrazine groups is 1. The summed E-state index contributed by atoms with van der Waals surface area (Å²) in [5, 5.41) is 27.2. The van der Waals surface area contributed by atoms with Gasteiger partial charge in [0.15, 0.2) is 5.22 Å². The van der Waals surface area contributed by atoms with Crippen LogP contribution in [0.2, 0.25) is 0 Å². The highest BCUT2D eigenvalue weighted by Crippen LogP contribution is 2.38. The Morgan fingerprint density at radius 2 is 1.34 bits per heavy atom. The standard InChI is InChI=1S/C24H23N5O2.C24H6.H3N5O2.8H2/c1-14-17(13-25)5-4-6-19(14)20-11-18(22-15(2)28-31-16(22)3)12-21-23(20)27-24(26-21)29-7-9-30-10-8-29;1-3-5-7-9-11-13-15-17-19-21-23-24-22-20-18-16-14-12-10-8-6-4-2;1-2-3-4-5(6)7;;;;;;;;/h4-6,11-12H,7-10H2,1-3H3,(H,26,27);1-2H3;(H2,1,3)(H,2,4);8*1H. The Bertz CT molecular complexity index is 3040. The lowest BCUT2D eigenvalue weighted by Crippen LogP contribution is -2.36. The van der Waals surface area contributed by atoms with E-state index in [0.717, 1.165) is 69.3 Å². The van der Waals surface area contributed by atoms with Crippen molar-refractivity contribution in [2.45, 2.75) is 34.6 Å². The van der Waals surface area contributed by atoms with Crippen molar-refractivity contribution in [3.8, 4) is 159 Å². The molecule has 0 saturated carbocycles. The Morgan fingerprint density at radius 3 is 1.76 bits per heavy atom. The fourth-order valence-electron chi connectivity index (χ4n) is 5.07. The van der Waals surface area contributed by atoms with E-state index in [-0.39, 0.29) is 11.4 Å². The van der Waals surface area contributed by atoms with Crippen LogP contribution in [0.4, 0.5) is 5.95 Å². The van der Waals surface area contributed by atoms with Gasteiger partial charge in [-0.15, -0.1) is 0 Å². The molecule has 1 saturated heterocycles. The molecule has 1 aliphatic rings. The number of hydrogen-bond acceptors (Lipinski definition) is 10. The lowest BCUT2D eigenvalue weighted by molar-refractivity contribution is -0.546. The van der Waals surface area contributed by atoms with Crippen LogP contribution < -0.4 is 16.3 Å². The van der Waals surface area contributed by atoms with Gasteiger partial charge in [0.25, 0.3) is 0 Å². The van der Waals surface area contributed by atoms with E-state index in [1.807, 2.05) is 39.0 Å². The van der Waals surface area contributed by atoms with Gasteiger partial charge >= 0.3 is 0 Å². The smallest absolute Gasteiger partial charge is 0.204 e. The number of nitrogens with two attached hydrogens (primary N) is 1. The minimum atomic E-state index is -0.879. The number of hydrogen-bond donors (Lipinski definition) is 3. The maximum Gasteiger partial charge on any atom is 0.204 e. The van der Waals surface area contributed by atoms with E-state index in [9.17, 15) is 15.4 Å². The van der Waals surface area contributed by atoms with Crippen LogP contribution in [-0.4, -0.2) is 46.5 Å². The molecule has 5 rings (SSSR count). The molecule has 4 aromatic rings. The number of nitrogens with zero attached hydrogens (tertiary/aromatic N) is 7. The number of fused-ring (bicyclic) bond motifs is 1. The molecule has 0 aliphatic carbocycles. The zero-order valence-electron chi connectivity index (χ0n) is 34.1. The Hall–Kier alpha value is -9.87. The molecule has 3 heterocycles. The normalized spacial score (nSPS) is 9.65. The summed E-state index contributed by atoms with van der Waals surface area (Å²) in [6, 6.07) is 12.3. The van der Waals surface area contributed by atoms with Gasteiger partial charge in [-0.05, 0) is 164 Å². The third-order valence-electron chi connectivity index (χ3n) is 7.57. The van der Waals surface area contributed by atoms with Gasteiger partial charge in [0.2, 0.25) is 5.95 Å². The number of morpholine rings is 1. The highest BCUT2D eigenvalue weighted by molar-refractivity contribution is 5.98. The number of H-pyrrole nitrogens is 1. The van der Waals surface area contributed by atoms with Crippen molar-refractivity contribution in [3.63, 3.8) is 0 Å². The van der Waals surface area contributed by atoms with Crippen molar-refractivity contribution in [1.29, 1.82) is 5.26 Å². The number of aryl methyl sites for hydroxylation is 2. The van der Waals surface area contributed by atoms with Gasteiger partial charge in [-0.25, -0.2) is 4.98 Å². The molecule has 2 aromatic heterocycles. The second-order valence-electron chi connectivity index (χ2n) is 11.4. The lowest BCUT2D eigenvalue weighted by atomic mass is 9.92. The van der Waals surface area contributed by atoms with Crippen LogP contribution in [0.3, 0.4) is 0 Å². The van der Waals surface area contributed by atoms with Crippen molar-refractivity contribution < 1.29 is 25.7 Å². The second-order valence-corrected chi connectivity index (χ2v) is 11.4. The molecule has 14 nitrogen and oxygen atoms in total. The van der Waals surface area contributed by atoms with Gasteiger partial charge in [0, 0.05) is 64.8 Å². The maximum atomic E-state index is 9.54. The molecule has 0 atom stereocenters. The minimum absolute atomic E-state index is 0. The Labute approximate surface area is 371 Å². The molecular weight excluding hydrogens is 781 g/mol.